The molecule has 0 radical (unpaired) electrons. The molecule has 3 aromatic rings. The summed E-state index contributed by atoms with van der Waals surface area (Å²) in [5, 5.41) is 14.5. The predicted molar refractivity (Wildman–Crippen MR) is 125 cm³/mol. The summed E-state index contributed by atoms with van der Waals surface area (Å²) in [6.07, 6.45) is 0.230. The number of carbonyl (C=O) groups excluding carboxylic acids is 2. The fraction of sp³-hybridized carbons (Fsp3) is 0.304. The van der Waals surface area contributed by atoms with Gasteiger partial charge in [-0.2, -0.15) is 0 Å². The zero-order valence-electron chi connectivity index (χ0n) is 18.9. The third-order valence-corrected chi connectivity index (χ3v) is 5.98. The Morgan fingerprint density at radius 2 is 1.88 bits per heavy atom. The second-order valence-corrected chi connectivity index (χ2v) is 8.45. The summed E-state index contributed by atoms with van der Waals surface area (Å²) in [6.45, 7) is 3.62. The summed E-state index contributed by atoms with van der Waals surface area (Å²) in [5.74, 6) is 0.553. The molecule has 2 aromatic carbocycles. The second-order valence-electron chi connectivity index (χ2n) is 7.51. The van der Waals surface area contributed by atoms with Crippen LogP contribution in [0.15, 0.2) is 47.6 Å². The fourth-order valence-electron chi connectivity index (χ4n) is 3.16. The average Bonchev–Trinajstić information content (AvgIpc) is 3.15. The van der Waals surface area contributed by atoms with E-state index < -0.39 is 5.82 Å². The van der Waals surface area contributed by atoms with Crippen molar-refractivity contribution in [1.82, 2.24) is 20.1 Å². The molecule has 0 unspecified atom stereocenters. The van der Waals surface area contributed by atoms with Crippen LogP contribution in [-0.4, -0.2) is 39.4 Å². The molecule has 0 aliphatic heterocycles. The van der Waals surface area contributed by atoms with E-state index in [1.807, 2.05) is 31.2 Å². The lowest BCUT2D eigenvalue weighted by atomic mass is 10.1. The molecule has 8 nitrogen and oxygen atoms in total. The molecule has 2 amide bonds. The van der Waals surface area contributed by atoms with E-state index in [-0.39, 0.29) is 30.0 Å². The van der Waals surface area contributed by atoms with Crippen LogP contribution >= 0.6 is 11.8 Å². The summed E-state index contributed by atoms with van der Waals surface area (Å²) in [5.41, 5.74) is 2.08. The number of nitrogens with zero attached hydrogens (tertiary/aromatic N) is 3. The van der Waals surface area contributed by atoms with Crippen LogP contribution in [0.4, 0.5) is 10.1 Å². The van der Waals surface area contributed by atoms with Gasteiger partial charge < -0.3 is 19.9 Å². The van der Waals surface area contributed by atoms with Gasteiger partial charge in [0.05, 0.1) is 25.3 Å². The van der Waals surface area contributed by atoms with Gasteiger partial charge in [0.2, 0.25) is 11.8 Å². The van der Waals surface area contributed by atoms with Gasteiger partial charge in [0.1, 0.15) is 11.6 Å². The number of amides is 2. The number of ether oxygens (including phenoxy) is 1. The van der Waals surface area contributed by atoms with Gasteiger partial charge in [0, 0.05) is 12.7 Å². The van der Waals surface area contributed by atoms with Crippen molar-refractivity contribution in [3.05, 3.63) is 65.2 Å². The Morgan fingerprint density at radius 1 is 1.15 bits per heavy atom. The molecule has 0 aliphatic carbocycles. The van der Waals surface area contributed by atoms with Gasteiger partial charge in [-0.05, 0) is 49.2 Å². The molecule has 174 valence electrons. The Kier molecular flexibility index (Phi) is 8.05. The lowest BCUT2D eigenvalue weighted by molar-refractivity contribution is -0.121. The normalized spacial score (nSPS) is 11.7. The van der Waals surface area contributed by atoms with Gasteiger partial charge in [-0.25, -0.2) is 4.39 Å². The van der Waals surface area contributed by atoms with E-state index in [0.717, 1.165) is 16.9 Å². The molecule has 0 fully saturated rings. The number of methoxy groups -OCH3 is 1. The molecule has 0 spiro atoms. The van der Waals surface area contributed by atoms with Gasteiger partial charge in [-0.1, -0.05) is 30.0 Å². The van der Waals surface area contributed by atoms with Gasteiger partial charge >= 0.3 is 0 Å². The average molecular weight is 472 g/mol. The van der Waals surface area contributed by atoms with Crippen molar-refractivity contribution in [1.29, 1.82) is 0 Å². The third-order valence-electron chi connectivity index (χ3n) is 4.96. The van der Waals surface area contributed by atoms with Crippen molar-refractivity contribution in [3.8, 4) is 5.75 Å². The van der Waals surface area contributed by atoms with Crippen LogP contribution in [0.25, 0.3) is 0 Å². The maximum Gasteiger partial charge on any atom is 0.234 e. The minimum Gasteiger partial charge on any atom is -0.497 e. The number of halogens is 1. The van der Waals surface area contributed by atoms with Crippen LogP contribution in [0, 0.1) is 12.7 Å². The highest BCUT2D eigenvalue weighted by atomic mass is 32.2. The van der Waals surface area contributed by atoms with Crippen molar-refractivity contribution in [3.63, 3.8) is 0 Å². The van der Waals surface area contributed by atoms with Gasteiger partial charge in [-0.15, -0.1) is 10.2 Å². The van der Waals surface area contributed by atoms with Crippen LogP contribution in [0.2, 0.25) is 0 Å². The number of nitrogens with one attached hydrogen (secondary N) is 2. The number of anilines is 1. The van der Waals surface area contributed by atoms with Crippen LogP contribution in [0.5, 0.6) is 5.75 Å². The summed E-state index contributed by atoms with van der Waals surface area (Å²) in [4.78, 5) is 24.7. The Labute approximate surface area is 195 Å². The number of hydrogen-bond donors (Lipinski definition) is 2. The lowest BCUT2D eigenvalue weighted by Crippen LogP contribution is -2.29. The number of thioether (sulfide) groups is 1. The number of aromatic nitrogens is 3. The van der Waals surface area contributed by atoms with Crippen molar-refractivity contribution < 1.29 is 18.7 Å². The molecule has 33 heavy (non-hydrogen) atoms. The van der Waals surface area contributed by atoms with Crippen molar-refractivity contribution >= 4 is 29.3 Å². The minimum absolute atomic E-state index is 0.0835. The molecule has 2 N–H and O–H groups in total. The molecule has 10 heteroatoms. The SMILES string of the molecule is COc1ccc(CC(=O)N[C@@H](C)c2nnc(SCC(=O)Nc3cc(F)ccc3C)n2C)cc1. The largest absolute Gasteiger partial charge is 0.497 e. The Balaban J connectivity index is 1.53. The first kappa shape index (κ1) is 24.2. The van der Waals surface area contributed by atoms with Crippen LogP contribution < -0.4 is 15.4 Å². The van der Waals surface area contributed by atoms with Crippen molar-refractivity contribution in [2.75, 3.05) is 18.2 Å². The van der Waals surface area contributed by atoms with Gasteiger partial charge in [-0.3, -0.25) is 9.59 Å². The first-order valence-corrected chi connectivity index (χ1v) is 11.3. The Bertz CT molecular complexity index is 1130. The van der Waals surface area contributed by atoms with Crippen molar-refractivity contribution in [2.45, 2.75) is 31.5 Å². The van der Waals surface area contributed by atoms with E-state index in [1.54, 1.807) is 31.7 Å². The number of rotatable bonds is 9. The highest BCUT2D eigenvalue weighted by Gasteiger charge is 2.19. The van der Waals surface area contributed by atoms with Crippen LogP contribution in [-0.2, 0) is 23.1 Å². The summed E-state index contributed by atoms with van der Waals surface area (Å²) in [6, 6.07) is 11.2. The molecular formula is C23H26FN5O3S. The smallest absolute Gasteiger partial charge is 0.234 e. The first-order chi connectivity index (χ1) is 15.8. The summed E-state index contributed by atoms with van der Waals surface area (Å²) >= 11 is 1.21. The van der Waals surface area contributed by atoms with E-state index in [0.29, 0.717) is 16.7 Å². The fourth-order valence-corrected chi connectivity index (χ4v) is 3.88. The molecule has 0 saturated carbocycles. The molecule has 1 heterocycles. The lowest BCUT2D eigenvalue weighted by Gasteiger charge is -2.14. The van der Waals surface area contributed by atoms with Crippen LogP contribution in [0.1, 0.15) is 29.9 Å². The summed E-state index contributed by atoms with van der Waals surface area (Å²) < 4.78 is 20.3. The standard InChI is InChI=1S/C23H26FN5O3S/c1-14-5-8-17(24)12-19(14)26-21(31)13-33-23-28-27-22(29(23)3)15(2)25-20(30)11-16-6-9-18(32-4)10-7-16/h5-10,12,15H,11,13H2,1-4H3,(H,25,30)(H,26,31)/t15-/m0/s1. The quantitative estimate of drug-likeness (QED) is 0.464. The predicted octanol–water partition coefficient (Wildman–Crippen LogP) is 3.42. The maximum atomic E-state index is 13.4. The van der Waals surface area contributed by atoms with Gasteiger partial charge in [0.15, 0.2) is 11.0 Å². The zero-order chi connectivity index (χ0) is 24.0. The minimum atomic E-state index is -0.412. The molecule has 1 atom stereocenters. The van der Waals surface area contributed by atoms with E-state index >= 15 is 0 Å². The molecule has 3 rings (SSSR count). The maximum absolute atomic E-state index is 13.4. The zero-order valence-corrected chi connectivity index (χ0v) is 19.7. The highest BCUT2D eigenvalue weighted by molar-refractivity contribution is 7.99. The monoisotopic (exact) mass is 471 g/mol. The van der Waals surface area contributed by atoms with Crippen molar-refractivity contribution in [2.24, 2.45) is 7.05 Å². The van der Waals surface area contributed by atoms with E-state index in [9.17, 15) is 14.0 Å². The molecule has 0 bridgehead atoms. The number of aryl methyl sites for hydroxylation is 1. The van der Waals surface area contributed by atoms with Gasteiger partial charge in [0.25, 0.3) is 0 Å². The molecular weight excluding hydrogens is 445 g/mol. The highest BCUT2D eigenvalue weighted by Crippen LogP contribution is 2.21. The number of benzene rings is 2. The number of carbonyl (C=O) groups is 2. The molecule has 0 saturated heterocycles. The van der Waals surface area contributed by atoms with E-state index in [4.69, 9.17) is 4.74 Å². The third kappa shape index (κ3) is 6.55. The first-order valence-electron chi connectivity index (χ1n) is 10.3. The van der Waals surface area contributed by atoms with Crippen LogP contribution in [0.3, 0.4) is 0 Å². The number of hydrogen-bond acceptors (Lipinski definition) is 6. The van der Waals surface area contributed by atoms with E-state index in [1.165, 1.54) is 23.9 Å². The molecule has 1 aromatic heterocycles. The topological polar surface area (TPSA) is 98.1 Å². The Morgan fingerprint density at radius 3 is 2.58 bits per heavy atom. The second kappa shape index (κ2) is 11.0. The van der Waals surface area contributed by atoms with E-state index in [2.05, 4.69) is 20.8 Å². The Hall–Kier alpha value is -3.40. The summed E-state index contributed by atoms with van der Waals surface area (Å²) in [7, 11) is 3.37. The molecule has 0 aliphatic rings.